The molecule has 0 atom stereocenters. The molecule has 30 heavy (non-hydrogen) atoms. The summed E-state index contributed by atoms with van der Waals surface area (Å²) in [5.41, 5.74) is 0.308. The Labute approximate surface area is 173 Å². The lowest BCUT2D eigenvalue weighted by atomic mass is 10.2. The van der Waals surface area contributed by atoms with E-state index in [4.69, 9.17) is 4.52 Å². The number of aryl methyl sites for hydroxylation is 1. The second-order valence-electron chi connectivity index (χ2n) is 6.82. The van der Waals surface area contributed by atoms with Crippen molar-refractivity contribution >= 4 is 27.6 Å². The number of nitrogens with one attached hydrogen (secondary N) is 1. The molecular formula is C19H20N6O4S. The summed E-state index contributed by atoms with van der Waals surface area (Å²) < 4.78 is 32.5. The lowest BCUT2D eigenvalue weighted by molar-refractivity contribution is 0.0746. The van der Waals surface area contributed by atoms with E-state index >= 15 is 0 Å². The third-order valence-electron chi connectivity index (χ3n) is 4.71. The number of nitrogens with zero attached hydrogens (tertiary/aromatic N) is 5. The van der Waals surface area contributed by atoms with Crippen LogP contribution in [0.1, 0.15) is 16.1 Å². The fraction of sp³-hybridized carbons (Fsp3) is 0.263. The molecule has 10 nitrogen and oxygen atoms in total. The van der Waals surface area contributed by atoms with E-state index in [9.17, 15) is 13.2 Å². The van der Waals surface area contributed by atoms with Crippen LogP contribution in [0.2, 0.25) is 0 Å². The van der Waals surface area contributed by atoms with Crippen LogP contribution in [0.3, 0.4) is 0 Å². The van der Waals surface area contributed by atoms with Gasteiger partial charge in [0.25, 0.3) is 15.9 Å². The van der Waals surface area contributed by atoms with Crippen LogP contribution in [0.25, 0.3) is 0 Å². The van der Waals surface area contributed by atoms with E-state index < -0.39 is 10.0 Å². The molecule has 1 fully saturated rings. The quantitative estimate of drug-likeness (QED) is 0.649. The predicted octanol–water partition coefficient (Wildman–Crippen LogP) is 1.54. The Hall–Kier alpha value is -3.47. The van der Waals surface area contributed by atoms with Gasteiger partial charge >= 0.3 is 0 Å². The van der Waals surface area contributed by atoms with Crippen LogP contribution in [0.4, 0.5) is 11.6 Å². The second-order valence-corrected chi connectivity index (χ2v) is 8.50. The Balaban J connectivity index is 1.45. The van der Waals surface area contributed by atoms with Gasteiger partial charge in [0.15, 0.2) is 11.6 Å². The summed E-state index contributed by atoms with van der Waals surface area (Å²) in [6, 6.07) is 11.1. The lowest BCUT2D eigenvalue weighted by Gasteiger charge is -2.35. The zero-order valence-electron chi connectivity index (χ0n) is 16.2. The highest BCUT2D eigenvalue weighted by Gasteiger charge is 2.24. The molecule has 3 heterocycles. The molecule has 1 aromatic carbocycles. The molecule has 0 unspecified atom stereocenters. The van der Waals surface area contributed by atoms with Crippen LogP contribution >= 0.6 is 0 Å². The normalized spacial score (nSPS) is 14.6. The van der Waals surface area contributed by atoms with Gasteiger partial charge in [-0.05, 0) is 37.3 Å². The predicted molar refractivity (Wildman–Crippen MR) is 109 cm³/mol. The molecule has 1 N–H and O–H groups in total. The maximum Gasteiger partial charge on any atom is 0.263 e. The zero-order valence-corrected chi connectivity index (χ0v) is 17.0. The number of carbonyl (C=O) groups is 1. The Morgan fingerprint density at radius 3 is 2.57 bits per heavy atom. The number of benzene rings is 1. The first kappa shape index (κ1) is 19.8. The maximum absolute atomic E-state index is 12.9. The van der Waals surface area contributed by atoms with E-state index in [-0.39, 0.29) is 16.6 Å². The molecule has 1 aliphatic heterocycles. The van der Waals surface area contributed by atoms with Crippen LogP contribution in [-0.4, -0.2) is 60.8 Å². The van der Waals surface area contributed by atoms with Gasteiger partial charge < -0.3 is 14.3 Å². The summed E-state index contributed by atoms with van der Waals surface area (Å²) in [5.74, 6) is 1.12. The number of aromatic nitrogens is 3. The highest BCUT2D eigenvalue weighted by Crippen LogP contribution is 2.19. The van der Waals surface area contributed by atoms with Crippen molar-refractivity contribution in [2.45, 2.75) is 11.8 Å². The summed E-state index contributed by atoms with van der Waals surface area (Å²) in [4.78, 5) is 16.7. The van der Waals surface area contributed by atoms with Gasteiger partial charge in [0.05, 0.1) is 4.90 Å². The molecule has 0 saturated carbocycles. The molecule has 4 rings (SSSR count). The Morgan fingerprint density at radius 1 is 1.10 bits per heavy atom. The minimum Gasteiger partial charge on any atom is -0.360 e. The van der Waals surface area contributed by atoms with Gasteiger partial charge in [-0.25, -0.2) is 8.42 Å². The first-order valence-electron chi connectivity index (χ1n) is 9.30. The molecule has 11 heteroatoms. The molecule has 1 saturated heterocycles. The van der Waals surface area contributed by atoms with Crippen molar-refractivity contribution in [3.05, 3.63) is 60.0 Å². The zero-order chi connectivity index (χ0) is 21.1. The molecule has 2 aromatic heterocycles. The number of rotatable bonds is 5. The third kappa shape index (κ3) is 4.25. The van der Waals surface area contributed by atoms with Crippen molar-refractivity contribution < 1.29 is 17.7 Å². The topological polar surface area (TPSA) is 122 Å². The highest BCUT2D eigenvalue weighted by molar-refractivity contribution is 7.92. The molecule has 0 spiro atoms. The van der Waals surface area contributed by atoms with E-state index in [2.05, 4.69) is 25.0 Å². The maximum atomic E-state index is 12.9. The molecule has 0 radical (unpaired) electrons. The van der Waals surface area contributed by atoms with Gasteiger partial charge in [-0.2, -0.15) is 5.10 Å². The van der Waals surface area contributed by atoms with E-state index in [1.807, 2.05) is 12.1 Å². The molecule has 0 aliphatic carbocycles. The molecule has 0 bridgehead atoms. The molecular weight excluding hydrogens is 408 g/mol. The monoisotopic (exact) mass is 428 g/mol. The van der Waals surface area contributed by atoms with E-state index in [1.54, 1.807) is 30.2 Å². The number of piperazine rings is 1. The van der Waals surface area contributed by atoms with Crippen LogP contribution < -0.4 is 9.62 Å². The third-order valence-corrected chi connectivity index (χ3v) is 6.06. The van der Waals surface area contributed by atoms with Crippen molar-refractivity contribution in [1.29, 1.82) is 0 Å². The van der Waals surface area contributed by atoms with Crippen molar-refractivity contribution in [2.75, 3.05) is 35.8 Å². The van der Waals surface area contributed by atoms with Crippen molar-refractivity contribution in [3.8, 4) is 0 Å². The largest absolute Gasteiger partial charge is 0.360 e. The van der Waals surface area contributed by atoms with Crippen molar-refractivity contribution in [3.63, 3.8) is 0 Å². The van der Waals surface area contributed by atoms with Crippen molar-refractivity contribution in [1.82, 2.24) is 20.3 Å². The van der Waals surface area contributed by atoms with Crippen LogP contribution in [-0.2, 0) is 10.0 Å². The minimum absolute atomic E-state index is 0.0211. The molecule has 156 valence electrons. The summed E-state index contributed by atoms with van der Waals surface area (Å²) in [6.07, 6.45) is 1.61. The molecule has 3 aromatic rings. The minimum atomic E-state index is -3.90. The van der Waals surface area contributed by atoms with Gasteiger partial charge in [0, 0.05) is 44.0 Å². The Morgan fingerprint density at radius 2 is 1.90 bits per heavy atom. The number of hydrogen-bond donors (Lipinski definition) is 1. The van der Waals surface area contributed by atoms with Gasteiger partial charge in [-0.1, -0.05) is 11.2 Å². The number of anilines is 2. The summed E-state index contributed by atoms with van der Waals surface area (Å²) in [5, 5.41) is 11.6. The van der Waals surface area contributed by atoms with Gasteiger partial charge in [0.1, 0.15) is 5.76 Å². The van der Waals surface area contributed by atoms with Crippen molar-refractivity contribution in [2.24, 2.45) is 0 Å². The van der Waals surface area contributed by atoms with Gasteiger partial charge in [-0.3, -0.25) is 9.52 Å². The van der Waals surface area contributed by atoms with Crippen LogP contribution in [0, 0.1) is 6.92 Å². The van der Waals surface area contributed by atoms with Crippen LogP contribution in [0.15, 0.2) is 58.1 Å². The Bertz CT molecular complexity index is 1140. The fourth-order valence-electron chi connectivity index (χ4n) is 3.19. The van der Waals surface area contributed by atoms with Gasteiger partial charge in [-0.15, -0.1) is 5.10 Å². The first-order chi connectivity index (χ1) is 14.4. The van der Waals surface area contributed by atoms with Gasteiger partial charge in [0.2, 0.25) is 0 Å². The van der Waals surface area contributed by atoms with E-state index in [1.165, 1.54) is 18.2 Å². The summed E-state index contributed by atoms with van der Waals surface area (Å²) in [7, 11) is -3.90. The first-order valence-corrected chi connectivity index (χ1v) is 10.8. The number of amides is 1. The summed E-state index contributed by atoms with van der Waals surface area (Å²) in [6.45, 7) is 3.91. The second kappa shape index (κ2) is 8.11. The number of carbonyl (C=O) groups excluding carboxylic acids is 1. The standard InChI is InChI=1S/C19H20N6O4S/c1-14-12-17(22-29-14)23-30(27,28)16-5-2-4-15(13-16)19(26)25-10-8-24(9-11-25)18-6-3-7-20-21-18/h2-7,12-13H,8-11H2,1H3,(H,22,23). The van der Waals surface area contributed by atoms with E-state index in [0.29, 0.717) is 37.5 Å². The Kier molecular flexibility index (Phi) is 5.36. The highest BCUT2D eigenvalue weighted by atomic mass is 32.2. The molecule has 1 aliphatic rings. The lowest BCUT2D eigenvalue weighted by Crippen LogP contribution is -2.49. The van der Waals surface area contributed by atoms with Crippen LogP contribution in [0.5, 0.6) is 0 Å². The number of sulfonamides is 1. The summed E-state index contributed by atoms with van der Waals surface area (Å²) >= 11 is 0. The fourth-order valence-corrected chi connectivity index (χ4v) is 4.22. The smallest absolute Gasteiger partial charge is 0.263 e. The van der Waals surface area contributed by atoms with E-state index in [0.717, 1.165) is 5.82 Å². The SMILES string of the molecule is Cc1cc(NS(=O)(=O)c2cccc(C(=O)N3CCN(c4cccnn4)CC3)c2)no1. The average molecular weight is 428 g/mol. The average Bonchev–Trinajstić information content (AvgIpc) is 3.18. The molecule has 1 amide bonds. The number of hydrogen-bond acceptors (Lipinski definition) is 8.